The monoisotopic (exact) mass is 270 g/mol. The zero-order valence-electron chi connectivity index (χ0n) is 8.80. The molecule has 0 saturated carbocycles. The maximum absolute atomic E-state index is 3.50. The molecule has 2 heteroatoms. The van der Waals surface area contributed by atoms with Gasteiger partial charge < -0.3 is 0 Å². The van der Waals surface area contributed by atoms with Crippen LogP contribution in [0.3, 0.4) is 0 Å². The van der Waals surface area contributed by atoms with Crippen LogP contribution in [-0.4, -0.2) is 5.75 Å². The van der Waals surface area contributed by atoms with Crippen molar-refractivity contribution < 1.29 is 0 Å². The summed E-state index contributed by atoms with van der Waals surface area (Å²) in [6, 6.07) is 6.48. The van der Waals surface area contributed by atoms with Gasteiger partial charge in [0.2, 0.25) is 0 Å². The largest absolute Gasteiger partial charge is 0.122 e. The van der Waals surface area contributed by atoms with E-state index in [0.717, 1.165) is 5.75 Å². The van der Waals surface area contributed by atoms with E-state index in [1.54, 1.807) is 0 Å². The summed E-state index contributed by atoms with van der Waals surface area (Å²) >= 11 is 5.37. The topological polar surface area (TPSA) is 0 Å². The van der Waals surface area contributed by atoms with Gasteiger partial charge in [-0.25, -0.2) is 0 Å². The van der Waals surface area contributed by atoms with Crippen molar-refractivity contribution in [1.29, 1.82) is 0 Å². The Morgan fingerprint density at radius 2 is 2.14 bits per heavy atom. The highest BCUT2D eigenvalue weighted by atomic mass is 79.9. The fourth-order valence-electron chi connectivity index (χ4n) is 1.01. The van der Waals surface area contributed by atoms with Gasteiger partial charge in [0, 0.05) is 15.1 Å². The molecule has 0 fully saturated rings. The molecule has 0 spiro atoms. The molecule has 1 aromatic rings. The molecule has 0 aliphatic carbocycles. The van der Waals surface area contributed by atoms with Crippen molar-refractivity contribution in [2.75, 3.05) is 5.75 Å². The number of allylic oxidation sites excluding steroid dienone is 1. The van der Waals surface area contributed by atoms with Gasteiger partial charge in [0.1, 0.15) is 0 Å². The Kier molecular flexibility index (Phi) is 4.76. The zero-order valence-corrected chi connectivity index (χ0v) is 11.2. The van der Waals surface area contributed by atoms with Crippen molar-refractivity contribution in [3.63, 3.8) is 0 Å². The average molecular weight is 271 g/mol. The molecule has 0 saturated heterocycles. The molecule has 0 heterocycles. The Bertz CT molecular complexity index is 338. The van der Waals surface area contributed by atoms with Crippen LogP contribution in [0.4, 0.5) is 0 Å². The van der Waals surface area contributed by atoms with E-state index in [1.165, 1.54) is 20.5 Å². The molecule has 0 aliphatic heterocycles. The normalized spacial score (nSPS) is 10.0. The van der Waals surface area contributed by atoms with Crippen molar-refractivity contribution in [2.45, 2.75) is 25.7 Å². The number of hydrogen-bond acceptors (Lipinski definition) is 1. The van der Waals surface area contributed by atoms with Crippen molar-refractivity contribution in [1.82, 2.24) is 0 Å². The maximum atomic E-state index is 3.50. The summed E-state index contributed by atoms with van der Waals surface area (Å²) in [6.45, 7) is 6.38. The van der Waals surface area contributed by atoms with Crippen LogP contribution in [0.2, 0.25) is 0 Å². The SMILES string of the molecule is CC(C)=CCSc1ccc(Br)c(C)c1. The third-order valence-corrected chi connectivity index (χ3v) is 3.68. The quantitative estimate of drug-likeness (QED) is 0.561. The molecule has 1 rings (SSSR count). The van der Waals surface area contributed by atoms with Gasteiger partial charge in [-0.3, -0.25) is 0 Å². The van der Waals surface area contributed by atoms with Gasteiger partial charge in [-0.15, -0.1) is 11.8 Å². The zero-order chi connectivity index (χ0) is 10.6. The highest BCUT2D eigenvalue weighted by molar-refractivity contribution is 9.10. The van der Waals surface area contributed by atoms with E-state index >= 15 is 0 Å². The fraction of sp³-hybridized carbons (Fsp3) is 0.333. The number of hydrogen-bond donors (Lipinski definition) is 0. The first-order valence-corrected chi connectivity index (χ1v) is 6.40. The molecule has 0 aliphatic rings. The molecular weight excluding hydrogens is 256 g/mol. The first-order chi connectivity index (χ1) is 6.59. The Balaban J connectivity index is 2.60. The first-order valence-electron chi connectivity index (χ1n) is 4.62. The molecule has 0 nitrogen and oxygen atoms in total. The number of halogens is 1. The minimum Gasteiger partial charge on any atom is -0.122 e. The summed E-state index contributed by atoms with van der Waals surface area (Å²) in [5, 5.41) is 0. The van der Waals surface area contributed by atoms with Crippen LogP contribution in [0.1, 0.15) is 19.4 Å². The smallest absolute Gasteiger partial charge is 0.0205 e. The van der Waals surface area contributed by atoms with Crippen molar-refractivity contribution in [3.8, 4) is 0 Å². The van der Waals surface area contributed by atoms with Gasteiger partial charge in [-0.05, 0) is 44.5 Å². The number of aryl methyl sites for hydroxylation is 1. The highest BCUT2D eigenvalue weighted by Crippen LogP contribution is 2.24. The van der Waals surface area contributed by atoms with Crippen LogP contribution in [0.15, 0.2) is 39.2 Å². The van der Waals surface area contributed by atoms with Crippen LogP contribution >= 0.6 is 27.7 Å². The van der Waals surface area contributed by atoms with Gasteiger partial charge in [-0.1, -0.05) is 27.6 Å². The van der Waals surface area contributed by atoms with Gasteiger partial charge in [0.25, 0.3) is 0 Å². The van der Waals surface area contributed by atoms with E-state index in [4.69, 9.17) is 0 Å². The van der Waals surface area contributed by atoms with Gasteiger partial charge >= 0.3 is 0 Å². The molecular formula is C12H15BrS. The predicted molar refractivity (Wildman–Crippen MR) is 69.0 cm³/mol. The second-order valence-electron chi connectivity index (χ2n) is 3.50. The summed E-state index contributed by atoms with van der Waals surface area (Å²) in [5.41, 5.74) is 2.68. The fourth-order valence-corrected chi connectivity index (χ4v) is 2.29. The highest BCUT2D eigenvalue weighted by Gasteiger charge is 1.96. The summed E-state index contributed by atoms with van der Waals surface area (Å²) in [4.78, 5) is 1.34. The standard InChI is InChI=1S/C12H15BrS/c1-9(2)6-7-14-11-4-5-12(13)10(3)8-11/h4-6,8H,7H2,1-3H3. The lowest BCUT2D eigenvalue weighted by Gasteiger charge is -2.02. The van der Waals surface area contributed by atoms with E-state index in [2.05, 4.69) is 61.0 Å². The van der Waals surface area contributed by atoms with Gasteiger partial charge in [-0.2, -0.15) is 0 Å². The summed E-state index contributed by atoms with van der Waals surface area (Å²) in [6.07, 6.45) is 2.25. The molecule has 1 aromatic carbocycles. The van der Waals surface area contributed by atoms with Crippen molar-refractivity contribution in [2.24, 2.45) is 0 Å². The molecule has 0 bridgehead atoms. The third kappa shape index (κ3) is 3.89. The molecule has 0 radical (unpaired) electrons. The van der Waals surface area contributed by atoms with Crippen LogP contribution in [0.25, 0.3) is 0 Å². The first kappa shape index (κ1) is 11.9. The van der Waals surface area contributed by atoms with Gasteiger partial charge in [0.15, 0.2) is 0 Å². The minimum absolute atomic E-state index is 1.06. The predicted octanol–water partition coefficient (Wildman–Crippen LogP) is 4.82. The van der Waals surface area contributed by atoms with Crippen LogP contribution < -0.4 is 0 Å². The minimum atomic E-state index is 1.06. The number of rotatable bonds is 3. The van der Waals surface area contributed by atoms with Crippen molar-refractivity contribution >= 4 is 27.7 Å². The van der Waals surface area contributed by atoms with E-state index in [9.17, 15) is 0 Å². The Morgan fingerprint density at radius 3 is 2.71 bits per heavy atom. The summed E-state index contributed by atoms with van der Waals surface area (Å²) in [5.74, 6) is 1.06. The van der Waals surface area contributed by atoms with E-state index in [0.29, 0.717) is 0 Å². The molecule has 14 heavy (non-hydrogen) atoms. The van der Waals surface area contributed by atoms with Gasteiger partial charge in [0.05, 0.1) is 0 Å². The second-order valence-corrected chi connectivity index (χ2v) is 5.45. The van der Waals surface area contributed by atoms with Crippen LogP contribution in [-0.2, 0) is 0 Å². The molecule has 0 atom stereocenters. The molecule has 76 valence electrons. The number of benzene rings is 1. The summed E-state index contributed by atoms with van der Waals surface area (Å²) in [7, 11) is 0. The molecule has 0 N–H and O–H groups in total. The van der Waals surface area contributed by atoms with Crippen LogP contribution in [0.5, 0.6) is 0 Å². The average Bonchev–Trinajstić information content (AvgIpc) is 2.10. The molecule has 0 amide bonds. The Hall–Kier alpha value is -0.210. The van der Waals surface area contributed by atoms with Crippen LogP contribution in [0, 0.1) is 6.92 Å². The van der Waals surface area contributed by atoms with Crippen molar-refractivity contribution in [3.05, 3.63) is 39.9 Å². The summed E-state index contributed by atoms with van der Waals surface area (Å²) < 4.78 is 1.18. The lowest BCUT2D eigenvalue weighted by atomic mass is 10.2. The van der Waals surface area contributed by atoms with E-state index in [-0.39, 0.29) is 0 Å². The molecule has 0 aromatic heterocycles. The Morgan fingerprint density at radius 1 is 1.43 bits per heavy atom. The third-order valence-electron chi connectivity index (χ3n) is 1.87. The second kappa shape index (κ2) is 5.62. The molecule has 0 unspecified atom stereocenters. The van der Waals surface area contributed by atoms with E-state index < -0.39 is 0 Å². The lowest BCUT2D eigenvalue weighted by molar-refractivity contribution is 1.33. The lowest BCUT2D eigenvalue weighted by Crippen LogP contribution is -1.79. The van der Waals surface area contributed by atoms with E-state index in [1.807, 2.05) is 11.8 Å². The Labute approximate surface area is 98.9 Å². The maximum Gasteiger partial charge on any atom is 0.0205 e. The number of thioether (sulfide) groups is 1.